The van der Waals surface area contributed by atoms with Crippen LogP contribution in [-0.4, -0.2) is 37.2 Å². The summed E-state index contributed by atoms with van der Waals surface area (Å²) in [5.41, 5.74) is 5.62. The van der Waals surface area contributed by atoms with E-state index in [0.717, 1.165) is 0 Å². The molecule has 1 nitrogen and oxygen atoms in total. The van der Waals surface area contributed by atoms with Crippen molar-refractivity contribution in [3.63, 3.8) is 0 Å². The van der Waals surface area contributed by atoms with Gasteiger partial charge in [0.1, 0.15) is 0 Å². The Balaban J connectivity index is 2.77. The summed E-state index contributed by atoms with van der Waals surface area (Å²) in [5.74, 6) is 0. The molecule has 58 valence electrons. The summed E-state index contributed by atoms with van der Waals surface area (Å²) < 4.78 is 2.99. The van der Waals surface area contributed by atoms with E-state index >= 15 is 0 Å². The van der Waals surface area contributed by atoms with Gasteiger partial charge in [0.15, 0.2) is 0 Å². The first kappa shape index (κ1) is 11.1. The molecule has 0 aliphatic rings. The molecule has 0 aliphatic carbocycles. The average molecular weight is 266 g/mol. The second-order valence-electron chi connectivity index (χ2n) is 2.55. The third-order valence-electron chi connectivity index (χ3n) is 1.26. The van der Waals surface area contributed by atoms with Crippen molar-refractivity contribution in [1.29, 1.82) is 0 Å². The molecule has 0 aromatic rings. The van der Waals surface area contributed by atoms with Crippen molar-refractivity contribution in [3.05, 3.63) is 0 Å². The SMILES string of the molecule is CS[CH2][Sn+2][CH2]CCC(C)N. The molecular weight excluding hydrogens is 249 g/mol. The van der Waals surface area contributed by atoms with E-state index in [1.807, 2.05) is 11.8 Å². The summed E-state index contributed by atoms with van der Waals surface area (Å²) in [7, 11) is 0. The number of nitrogens with two attached hydrogens (primary N) is 1. The number of hydrogen-bond donors (Lipinski definition) is 1. The van der Waals surface area contributed by atoms with Crippen molar-refractivity contribution >= 4 is 32.9 Å². The fourth-order valence-corrected chi connectivity index (χ4v) is 5.35. The van der Waals surface area contributed by atoms with Crippen LogP contribution in [0.15, 0.2) is 0 Å². The Hall–Kier alpha value is 1.11. The molecule has 0 aliphatic heterocycles. The van der Waals surface area contributed by atoms with Crippen molar-refractivity contribution in [2.45, 2.75) is 30.2 Å². The summed E-state index contributed by atoms with van der Waals surface area (Å²) in [6, 6.07) is 0.425. The van der Waals surface area contributed by atoms with Crippen molar-refractivity contribution in [2.24, 2.45) is 5.73 Å². The van der Waals surface area contributed by atoms with Gasteiger partial charge in [-0.2, -0.15) is 0 Å². The predicted octanol–water partition coefficient (Wildman–Crippen LogP) is 1.56. The van der Waals surface area contributed by atoms with Crippen LogP contribution in [0.5, 0.6) is 0 Å². The fourth-order valence-electron chi connectivity index (χ4n) is 0.723. The van der Waals surface area contributed by atoms with E-state index in [2.05, 4.69) is 13.2 Å². The zero-order valence-corrected chi connectivity index (χ0v) is 10.6. The van der Waals surface area contributed by atoms with Gasteiger partial charge in [-0.3, -0.25) is 0 Å². The second kappa shape index (κ2) is 8.21. The molecule has 0 radical (unpaired) electrons. The van der Waals surface area contributed by atoms with Gasteiger partial charge in [0.2, 0.25) is 0 Å². The van der Waals surface area contributed by atoms with Crippen LogP contribution in [0, 0.1) is 0 Å². The maximum absolute atomic E-state index is 5.62. The third-order valence-corrected chi connectivity index (χ3v) is 7.99. The quantitative estimate of drug-likeness (QED) is 0.583. The summed E-state index contributed by atoms with van der Waals surface area (Å²) in [4.78, 5) is 0. The molecule has 0 saturated heterocycles. The van der Waals surface area contributed by atoms with E-state index in [-0.39, 0.29) is 21.1 Å². The van der Waals surface area contributed by atoms with Crippen molar-refractivity contribution in [3.8, 4) is 0 Å². The van der Waals surface area contributed by atoms with Crippen LogP contribution in [-0.2, 0) is 0 Å². The standard InChI is InChI=1S/C5H12N.C2H5S.Sn/c1-3-4-5(2)6;1-3-2;/h5H,1,3-4,6H2,2H3;1H2,2H3;/q;;+2. The van der Waals surface area contributed by atoms with Gasteiger partial charge in [-0.05, 0) is 0 Å². The molecule has 1 unspecified atom stereocenters. The van der Waals surface area contributed by atoms with Gasteiger partial charge in [0.05, 0.1) is 0 Å². The van der Waals surface area contributed by atoms with Crippen LogP contribution in [0.1, 0.15) is 19.8 Å². The molecular formula is C7H17NSSn+2. The average Bonchev–Trinajstić information content (AvgIpc) is 1.87. The molecule has 2 N–H and O–H groups in total. The minimum atomic E-state index is 0.0340. The molecule has 0 heterocycles. The number of thioether (sulfide) groups is 1. The Kier molecular flexibility index (Phi) is 9.12. The van der Waals surface area contributed by atoms with Crippen molar-refractivity contribution in [2.75, 3.05) is 10.0 Å². The Morgan fingerprint density at radius 2 is 2.30 bits per heavy atom. The van der Waals surface area contributed by atoms with Gasteiger partial charge in [0, 0.05) is 0 Å². The zero-order chi connectivity index (χ0) is 7.82. The summed E-state index contributed by atoms with van der Waals surface area (Å²) >= 11 is 2.04. The summed E-state index contributed by atoms with van der Waals surface area (Å²) in [6.45, 7) is 2.10. The van der Waals surface area contributed by atoms with Crippen molar-refractivity contribution in [1.82, 2.24) is 0 Å². The topological polar surface area (TPSA) is 26.0 Å². The van der Waals surface area contributed by atoms with E-state index in [1.165, 1.54) is 21.0 Å². The molecule has 0 spiro atoms. The van der Waals surface area contributed by atoms with Crippen LogP contribution in [0.25, 0.3) is 0 Å². The second-order valence-corrected chi connectivity index (χ2v) is 8.74. The summed E-state index contributed by atoms with van der Waals surface area (Å²) in [6.07, 6.45) is 4.81. The number of rotatable bonds is 6. The van der Waals surface area contributed by atoms with Crippen LogP contribution in [0.2, 0.25) is 4.44 Å². The first-order valence-electron chi connectivity index (χ1n) is 3.72. The Labute approximate surface area is 78.7 Å². The Bertz CT molecular complexity index is 68.6. The van der Waals surface area contributed by atoms with Gasteiger partial charge in [-0.15, -0.1) is 0 Å². The van der Waals surface area contributed by atoms with Gasteiger partial charge < -0.3 is 0 Å². The van der Waals surface area contributed by atoms with Gasteiger partial charge in [-0.25, -0.2) is 0 Å². The van der Waals surface area contributed by atoms with E-state index in [0.29, 0.717) is 6.04 Å². The van der Waals surface area contributed by atoms with E-state index < -0.39 is 0 Å². The van der Waals surface area contributed by atoms with Gasteiger partial charge in [0.25, 0.3) is 0 Å². The minimum absolute atomic E-state index is 0.0340. The van der Waals surface area contributed by atoms with E-state index in [4.69, 9.17) is 5.73 Å². The van der Waals surface area contributed by atoms with Gasteiger partial charge >= 0.3 is 78.9 Å². The molecule has 1 atom stereocenters. The molecule has 0 fully saturated rings. The molecule has 3 heteroatoms. The normalized spacial score (nSPS) is 12.7. The van der Waals surface area contributed by atoms with E-state index in [9.17, 15) is 0 Å². The monoisotopic (exact) mass is 267 g/mol. The molecule has 0 amide bonds. The number of hydrogen-bond acceptors (Lipinski definition) is 2. The van der Waals surface area contributed by atoms with Crippen LogP contribution >= 0.6 is 11.8 Å². The van der Waals surface area contributed by atoms with Gasteiger partial charge in [-0.1, -0.05) is 0 Å². The zero-order valence-electron chi connectivity index (χ0n) is 6.89. The Morgan fingerprint density at radius 1 is 1.60 bits per heavy atom. The first-order chi connectivity index (χ1) is 4.77. The predicted molar refractivity (Wildman–Crippen MR) is 51.8 cm³/mol. The third kappa shape index (κ3) is 9.11. The molecule has 0 saturated carbocycles. The van der Waals surface area contributed by atoms with E-state index in [1.54, 1.807) is 0 Å². The Morgan fingerprint density at radius 3 is 2.80 bits per heavy atom. The van der Waals surface area contributed by atoms with Crippen LogP contribution in [0.3, 0.4) is 0 Å². The van der Waals surface area contributed by atoms with Crippen LogP contribution in [0.4, 0.5) is 0 Å². The first-order valence-corrected chi connectivity index (χ1v) is 9.15. The molecule has 0 bridgehead atoms. The molecule has 0 aromatic heterocycles. The summed E-state index contributed by atoms with van der Waals surface area (Å²) in [5, 5.41) is 0. The molecule has 0 aromatic carbocycles. The van der Waals surface area contributed by atoms with Crippen LogP contribution < -0.4 is 5.73 Å². The molecule has 10 heavy (non-hydrogen) atoms. The maximum atomic E-state index is 5.62. The van der Waals surface area contributed by atoms with Crippen molar-refractivity contribution < 1.29 is 0 Å². The molecule has 0 rings (SSSR count). The fraction of sp³-hybridized carbons (Fsp3) is 1.00.